The summed E-state index contributed by atoms with van der Waals surface area (Å²) in [7, 11) is 0. The monoisotopic (exact) mass is 768 g/mol. The summed E-state index contributed by atoms with van der Waals surface area (Å²) in [5.41, 5.74) is 18.6. The molecule has 12 rings (SSSR count). The lowest BCUT2D eigenvalue weighted by Gasteiger charge is -2.28. The number of anilines is 3. The Bertz CT molecular complexity index is 3450. The first-order valence-corrected chi connectivity index (χ1v) is 20.7. The minimum Gasteiger partial charge on any atom is -0.456 e. The zero-order valence-electron chi connectivity index (χ0n) is 33.4. The van der Waals surface area contributed by atoms with Gasteiger partial charge in [-0.15, -0.1) is 0 Å². The van der Waals surface area contributed by atoms with Crippen LogP contribution in [0.4, 0.5) is 17.1 Å². The summed E-state index contributed by atoms with van der Waals surface area (Å²) in [6.45, 7) is 4.70. The highest BCUT2D eigenvalue weighted by molar-refractivity contribution is 6.12. The van der Waals surface area contributed by atoms with Crippen molar-refractivity contribution >= 4 is 60.8 Å². The summed E-state index contributed by atoms with van der Waals surface area (Å²) in [4.78, 5) is 2.39. The molecule has 11 aromatic rings. The van der Waals surface area contributed by atoms with E-state index in [-0.39, 0.29) is 5.41 Å². The second kappa shape index (κ2) is 13.2. The number of benzene rings is 9. The van der Waals surface area contributed by atoms with Crippen LogP contribution in [0.15, 0.2) is 211 Å². The Morgan fingerprint density at radius 2 is 0.933 bits per heavy atom. The van der Waals surface area contributed by atoms with Crippen LogP contribution in [-0.4, -0.2) is 4.57 Å². The van der Waals surface area contributed by atoms with Gasteiger partial charge in [0, 0.05) is 49.7 Å². The smallest absolute Gasteiger partial charge is 0.135 e. The first-order chi connectivity index (χ1) is 29.5. The summed E-state index contributed by atoms with van der Waals surface area (Å²) >= 11 is 0. The summed E-state index contributed by atoms with van der Waals surface area (Å²) in [5.74, 6) is 0. The van der Waals surface area contributed by atoms with Gasteiger partial charge in [-0.25, -0.2) is 0 Å². The molecule has 3 nitrogen and oxygen atoms in total. The third-order valence-electron chi connectivity index (χ3n) is 12.8. The molecule has 0 aliphatic heterocycles. The molecular formula is C57H40N2O. The first-order valence-electron chi connectivity index (χ1n) is 20.7. The summed E-state index contributed by atoms with van der Waals surface area (Å²) in [6.07, 6.45) is 0. The highest BCUT2D eigenvalue weighted by atomic mass is 16.3. The molecule has 284 valence electrons. The average Bonchev–Trinajstić information content (AvgIpc) is 3.92. The molecule has 0 atom stereocenters. The summed E-state index contributed by atoms with van der Waals surface area (Å²) in [5, 5.41) is 4.70. The quantitative estimate of drug-likeness (QED) is 0.168. The van der Waals surface area contributed by atoms with Crippen LogP contribution in [0.1, 0.15) is 25.0 Å². The van der Waals surface area contributed by atoms with Crippen LogP contribution in [0, 0.1) is 0 Å². The molecule has 1 aliphatic carbocycles. The fraction of sp³-hybridized carbons (Fsp3) is 0.0526. The predicted molar refractivity (Wildman–Crippen MR) is 251 cm³/mol. The molecule has 3 heteroatoms. The average molecular weight is 769 g/mol. The van der Waals surface area contributed by atoms with E-state index >= 15 is 0 Å². The van der Waals surface area contributed by atoms with Crippen LogP contribution in [0.2, 0.25) is 0 Å². The maximum Gasteiger partial charge on any atom is 0.135 e. The van der Waals surface area contributed by atoms with Crippen LogP contribution < -0.4 is 4.90 Å². The van der Waals surface area contributed by atoms with E-state index in [0.29, 0.717) is 0 Å². The largest absolute Gasteiger partial charge is 0.456 e. The van der Waals surface area contributed by atoms with Crippen molar-refractivity contribution in [2.24, 2.45) is 0 Å². The van der Waals surface area contributed by atoms with Crippen molar-refractivity contribution in [2.45, 2.75) is 19.3 Å². The van der Waals surface area contributed by atoms with E-state index in [1.165, 1.54) is 66.3 Å². The van der Waals surface area contributed by atoms with Crippen LogP contribution >= 0.6 is 0 Å². The number of fused-ring (bicyclic) bond motifs is 9. The van der Waals surface area contributed by atoms with Crippen LogP contribution in [0.5, 0.6) is 0 Å². The van der Waals surface area contributed by atoms with Crippen molar-refractivity contribution in [3.63, 3.8) is 0 Å². The number of rotatable bonds is 6. The Balaban J connectivity index is 0.997. The molecule has 9 aromatic carbocycles. The standard InChI is InChI=1S/C57H40N2O/c1-57(2)51-19-11-9-17-45(51)46-29-27-44(36-52(46)57)58(43-28-32-56-50(35-43)47-18-10-12-20-55(47)60-56)42-25-21-38(22-26-42)40-24-31-54-49(34-40)48-33-39(37-13-5-3-6-14-37)23-30-53(48)59(54)41-15-7-4-8-16-41/h3-36H,1-2H3. The van der Waals surface area contributed by atoms with Gasteiger partial charge >= 0.3 is 0 Å². The van der Waals surface area contributed by atoms with Gasteiger partial charge in [-0.3, -0.25) is 0 Å². The van der Waals surface area contributed by atoms with E-state index in [2.05, 4.69) is 217 Å². The van der Waals surface area contributed by atoms with E-state index in [0.717, 1.165) is 44.7 Å². The van der Waals surface area contributed by atoms with Gasteiger partial charge in [0.05, 0.1) is 11.0 Å². The van der Waals surface area contributed by atoms with E-state index in [9.17, 15) is 0 Å². The minimum atomic E-state index is -0.119. The molecule has 0 N–H and O–H groups in total. The van der Waals surface area contributed by atoms with Crippen molar-refractivity contribution in [3.8, 4) is 39.1 Å². The molecule has 2 heterocycles. The van der Waals surface area contributed by atoms with Gasteiger partial charge < -0.3 is 13.9 Å². The zero-order valence-corrected chi connectivity index (χ0v) is 33.4. The molecule has 0 saturated heterocycles. The Morgan fingerprint density at radius 1 is 0.383 bits per heavy atom. The van der Waals surface area contributed by atoms with Crippen molar-refractivity contribution in [2.75, 3.05) is 4.90 Å². The number of hydrogen-bond donors (Lipinski definition) is 0. The molecule has 0 saturated carbocycles. The molecule has 0 spiro atoms. The number of nitrogens with zero attached hydrogens (tertiary/aromatic N) is 2. The Labute approximate surface area is 349 Å². The molecule has 2 aromatic heterocycles. The summed E-state index contributed by atoms with van der Waals surface area (Å²) in [6, 6.07) is 75.0. The zero-order chi connectivity index (χ0) is 40.0. The van der Waals surface area contributed by atoms with E-state index in [4.69, 9.17) is 4.42 Å². The third-order valence-corrected chi connectivity index (χ3v) is 12.8. The maximum absolute atomic E-state index is 6.28. The molecule has 1 aliphatic rings. The van der Waals surface area contributed by atoms with Gasteiger partial charge in [0.15, 0.2) is 0 Å². The van der Waals surface area contributed by atoms with Gasteiger partial charge in [-0.05, 0) is 129 Å². The minimum absolute atomic E-state index is 0.119. The van der Waals surface area contributed by atoms with Crippen molar-refractivity contribution in [1.29, 1.82) is 0 Å². The molecule has 60 heavy (non-hydrogen) atoms. The molecule has 0 bridgehead atoms. The van der Waals surface area contributed by atoms with Crippen molar-refractivity contribution in [3.05, 3.63) is 217 Å². The molecular weight excluding hydrogens is 729 g/mol. The Hall–Kier alpha value is -7.62. The second-order valence-electron chi connectivity index (χ2n) is 16.6. The van der Waals surface area contributed by atoms with E-state index in [1.807, 2.05) is 12.1 Å². The molecule has 0 radical (unpaired) electrons. The van der Waals surface area contributed by atoms with Crippen molar-refractivity contribution < 1.29 is 4.42 Å². The van der Waals surface area contributed by atoms with Gasteiger partial charge in [0.2, 0.25) is 0 Å². The Morgan fingerprint density at radius 3 is 1.68 bits per heavy atom. The lowest BCUT2D eigenvalue weighted by Crippen LogP contribution is -2.16. The van der Waals surface area contributed by atoms with Crippen LogP contribution in [0.3, 0.4) is 0 Å². The number of para-hydroxylation sites is 2. The third kappa shape index (κ3) is 5.29. The Kier molecular flexibility index (Phi) is 7.58. The predicted octanol–water partition coefficient (Wildman–Crippen LogP) is 15.8. The van der Waals surface area contributed by atoms with Crippen LogP contribution in [0.25, 0.3) is 82.8 Å². The van der Waals surface area contributed by atoms with Crippen LogP contribution in [-0.2, 0) is 5.41 Å². The van der Waals surface area contributed by atoms with Gasteiger partial charge in [0.1, 0.15) is 11.2 Å². The summed E-state index contributed by atoms with van der Waals surface area (Å²) < 4.78 is 8.67. The number of aromatic nitrogens is 1. The number of furan rings is 1. The lowest BCUT2D eigenvalue weighted by molar-refractivity contribution is 0.660. The normalized spacial score (nSPS) is 13.0. The highest BCUT2D eigenvalue weighted by Gasteiger charge is 2.35. The number of hydrogen-bond acceptors (Lipinski definition) is 2. The SMILES string of the molecule is CC1(C)c2ccccc2-c2ccc(N(c3ccc(-c4ccc5c(c4)c4cc(-c6ccccc6)ccc4n5-c4ccccc4)cc3)c3ccc4oc5ccccc5c4c3)cc21. The molecule has 0 unspecified atom stereocenters. The molecule has 0 amide bonds. The first kappa shape index (κ1) is 34.4. The van der Waals surface area contributed by atoms with Gasteiger partial charge in [-0.2, -0.15) is 0 Å². The van der Waals surface area contributed by atoms with E-state index < -0.39 is 0 Å². The fourth-order valence-corrected chi connectivity index (χ4v) is 9.80. The lowest BCUT2D eigenvalue weighted by atomic mass is 9.82. The maximum atomic E-state index is 6.28. The fourth-order valence-electron chi connectivity index (χ4n) is 9.80. The van der Waals surface area contributed by atoms with E-state index in [1.54, 1.807) is 0 Å². The highest BCUT2D eigenvalue weighted by Crippen LogP contribution is 2.51. The topological polar surface area (TPSA) is 21.3 Å². The van der Waals surface area contributed by atoms with Gasteiger partial charge in [-0.1, -0.05) is 135 Å². The van der Waals surface area contributed by atoms with Gasteiger partial charge in [0.25, 0.3) is 0 Å². The molecule has 0 fully saturated rings. The van der Waals surface area contributed by atoms with Crippen molar-refractivity contribution in [1.82, 2.24) is 4.57 Å². The second-order valence-corrected chi connectivity index (χ2v) is 16.6.